The van der Waals surface area contributed by atoms with Gasteiger partial charge in [-0.1, -0.05) is 12.1 Å². The summed E-state index contributed by atoms with van der Waals surface area (Å²) in [6, 6.07) is 5.77. The maximum Gasteiger partial charge on any atom is 0.231 e. The molecule has 4 rings (SSSR count). The van der Waals surface area contributed by atoms with Gasteiger partial charge in [0, 0.05) is 18.2 Å². The van der Waals surface area contributed by atoms with Crippen LogP contribution in [0.4, 0.5) is 0 Å². The van der Waals surface area contributed by atoms with Gasteiger partial charge in [0.1, 0.15) is 0 Å². The zero-order valence-corrected chi connectivity index (χ0v) is 11.9. The molecule has 2 bridgehead atoms. The fraction of sp³-hybridized carbons (Fsp3) is 0.562. The van der Waals surface area contributed by atoms with E-state index in [2.05, 4.69) is 5.32 Å². The second-order valence-electron chi connectivity index (χ2n) is 6.31. The van der Waals surface area contributed by atoms with Crippen molar-refractivity contribution >= 4 is 5.91 Å². The molecule has 1 amide bonds. The van der Waals surface area contributed by atoms with E-state index in [1.54, 1.807) is 0 Å². The predicted molar refractivity (Wildman–Crippen MR) is 76.7 cm³/mol. The highest BCUT2D eigenvalue weighted by molar-refractivity contribution is 5.80. The fourth-order valence-corrected chi connectivity index (χ4v) is 4.15. The van der Waals surface area contributed by atoms with Crippen molar-refractivity contribution in [3.05, 3.63) is 23.8 Å². The molecule has 1 aliphatic heterocycles. The molecule has 0 saturated heterocycles. The number of rotatable bonds is 3. The Kier molecular flexibility index (Phi) is 3.03. The average molecular weight is 288 g/mol. The lowest BCUT2D eigenvalue weighted by Gasteiger charge is -2.27. The van der Waals surface area contributed by atoms with Crippen LogP contribution in [-0.2, 0) is 11.3 Å². The van der Waals surface area contributed by atoms with Crippen LogP contribution < -0.4 is 20.5 Å². The minimum atomic E-state index is -0.0160. The van der Waals surface area contributed by atoms with Gasteiger partial charge in [-0.15, -0.1) is 0 Å². The van der Waals surface area contributed by atoms with Gasteiger partial charge in [0.25, 0.3) is 0 Å². The van der Waals surface area contributed by atoms with Crippen LogP contribution in [0.2, 0.25) is 0 Å². The summed E-state index contributed by atoms with van der Waals surface area (Å²) in [6.07, 6.45) is 3.46. The number of carbonyl (C=O) groups excluding carboxylic acids is 1. The Morgan fingerprint density at radius 2 is 2.14 bits per heavy atom. The first-order chi connectivity index (χ1) is 10.2. The van der Waals surface area contributed by atoms with E-state index < -0.39 is 0 Å². The smallest absolute Gasteiger partial charge is 0.231 e. The van der Waals surface area contributed by atoms with Gasteiger partial charge < -0.3 is 20.5 Å². The summed E-state index contributed by atoms with van der Waals surface area (Å²) < 4.78 is 10.8. The van der Waals surface area contributed by atoms with Gasteiger partial charge in [-0.3, -0.25) is 4.79 Å². The van der Waals surface area contributed by atoms with Crippen LogP contribution in [0.25, 0.3) is 0 Å². The van der Waals surface area contributed by atoms with E-state index in [-0.39, 0.29) is 24.7 Å². The fourth-order valence-electron chi connectivity index (χ4n) is 4.15. The van der Waals surface area contributed by atoms with E-state index >= 15 is 0 Å². The molecule has 3 aliphatic rings. The van der Waals surface area contributed by atoms with Crippen molar-refractivity contribution < 1.29 is 14.3 Å². The third-order valence-corrected chi connectivity index (χ3v) is 5.21. The number of fused-ring (bicyclic) bond motifs is 3. The normalized spacial score (nSPS) is 32.4. The van der Waals surface area contributed by atoms with Crippen molar-refractivity contribution in [3.63, 3.8) is 0 Å². The Bertz CT molecular complexity index is 573. The van der Waals surface area contributed by atoms with E-state index in [4.69, 9.17) is 15.2 Å². The third kappa shape index (κ3) is 2.07. The first kappa shape index (κ1) is 13.0. The molecular weight excluding hydrogens is 268 g/mol. The van der Waals surface area contributed by atoms with Crippen LogP contribution in [-0.4, -0.2) is 18.7 Å². The number of hydrogen-bond donors (Lipinski definition) is 2. The van der Waals surface area contributed by atoms with Crippen molar-refractivity contribution in [1.82, 2.24) is 5.32 Å². The lowest BCUT2D eigenvalue weighted by atomic mass is 9.84. The monoisotopic (exact) mass is 288 g/mol. The van der Waals surface area contributed by atoms with Crippen molar-refractivity contribution in [2.75, 3.05) is 6.79 Å². The van der Waals surface area contributed by atoms with Crippen molar-refractivity contribution in [2.24, 2.45) is 23.5 Å². The number of amides is 1. The third-order valence-electron chi connectivity index (χ3n) is 5.21. The zero-order valence-electron chi connectivity index (χ0n) is 11.9. The number of hydrogen-bond acceptors (Lipinski definition) is 4. The lowest BCUT2D eigenvalue weighted by Crippen LogP contribution is -2.45. The summed E-state index contributed by atoms with van der Waals surface area (Å²) in [6.45, 7) is 0.712. The van der Waals surface area contributed by atoms with Gasteiger partial charge in [-0.05, 0) is 37.2 Å². The van der Waals surface area contributed by atoms with Gasteiger partial charge in [0.15, 0.2) is 11.5 Å². The Hall–Kier alpha value is -1.75. The zero-order chi connectivity index (χ0) is 14.4. The first-order valence-corrected chi connectivity index (χ1v) is 7.65. The molecule has 0 spiro atoms. The molecule has 21 heavy (non-hydrogen) atoms. The molecule has 112 valence electrons. The van der Waals surface area contributed by atoms with Crippen LogP contribution >= 0.6 is 0 Å². The highest BCUT2D eigenvalue weighted by atomic mass is 16.7. The number of ether oxygens (including phenoxy) is 2. The summed E-state index contributed by atoms with van der Waals surface area (Å²) in [7, 11) is 0. The van der Waals surface area contributed by atoms with Gasteiger partial charge in [0.2, 0.25) is 12.7 Å². The van der Waals surface area contributed by atoms with E-state index in [1.807, 2.05) is 18.2 Å². The number of para-hydroxylation sites is 1. The minimum Gasteiger partial charge on any atom is -0.454 e. The van der Waals surface area contributed by atoms with Crippen LogP contribution in [0.15, 0.2) is 18.2 Å². The molecule has 2 fully saturated rings. The molecule has 0 aromatic heterocycles. The molecule has 2 aliphatic carbocycles. The van der Waals surface area contributed by atoms with Gasteiger partial charge in [-0.25, -0.2) is 0 Å². The van der Waals surface area contributed by atoms with Gasteiger partial charge in [0.05, 0.1) is 5.92 Å². The van der Waals surface area contributed by atoms with E-state index in [0.717, 1.165) is 29.9 Å². The van der Waals surface area contributed by atoms with Gasteiger partial charge >= 0.3 is 0 Å². The largest absolute Gasteiger partial charge is 0.454 e. The molecule has 1 heterocycles. The number of nitrogens with two attached hydrogens (primary N) is 1. The molecule has 5 nitrogen and oxygen atoms in total. The second kappa shape index (κ2) is 4.91. The maximum absolute atomic E-state index is 12.5. The molecule has 4 atom stereocenters. The molecule has 2 saturated carbocycles. The average Bonchev–Trinajstić information content (AvgIpc) is 3.19. The molecule has 0 radical (unpaired) electrons. The van der Waals surface area contributed by atoms with Gasteiger partial charge in [-0.2, -0.15) is 0 Å². The molecule has 5 heteroatoms. The Balaban J connectivity index is 1.43. The second-order valence-corrected chi connectivity index (χ2v) is 6.31. The highest BCUT2D eigenvalue weighted by Gasteiger charge is 2.48. The Morgan fingerprint density at radius 3 is 2.95 bits per heavy atom. The summed E-state index contributed by atoms with van der Waals surface area (Å²) in [5, 5.41) is 3.03. The van der Waals surface area contributed by atoms with Crippen LogP contribution in [0.1, 0.15) is 24.8 Å². The molecule has 1 aromatic rings. The Labute approximate surface area is 123 Å². The topological polar surface area (TPSA) is 73.6 Å². The Morgan fingerprint density at radius 1 is 1.29 bits per heavy atom. The first-order valence-electron chi connectivity index (χ1n) is 7.65. The summed E-state index contributed by atoms with van der Waals surface area (Å²) in [4.78, 5) is 12.5. The molecule has 3 N–H and O–H groups in total. The van der Waals surface area contributed by atoms with Crippen LogP contribution in [0, 0.1) is 17.8 Å². The molecule has 1 aromatic carbocycles. The molecular formula is C16H20N2O3. The summed E-state index contributed by atoms with van der Waals surface area (Å²) in [5.74, 6) is 2.59. The minimum absolute atomic E-state index is 0.0160. The van der Waals surface area contributed by atoms with E-state index in [9.17, 15) is 4.79 Å². The quantitative estimate of drug-likeness (QED) is 0.882. The van der Waals surface area contributed by atoms with Crippen LogP contribution in [0.3, 0.4) is 0 Å². The van der Waals surface area contributed by atoms with Crippen LogP contribution in [0.5, 0.6) is 11.5 Å². The van der Waals surface area contributed by atoms with Crippen molar-refractivity contribution in [1.29, 1.82) is 0 Å². The standard InChI is InChI=1S/C16H20N2O3/c17-14-10-5-4-9(6-10)13(14)16(19)18-7-11-2-1-3-12-15(11)21-8-20-12/h1-3,9-10,13-14H,4-8,17H2,(H,18,19). The number of nitrogens with one attached hydrogen (secondary N) is 1. The number of carbonyl (C=O) groups is 1. The summed E-state index contributed by atoms with van der Waals surface area (Å²) >= 11 is 0. The number of benzene rings is 1. The van der Waals surface area contributed by atoms with E-state index in [1.165, 1.54) is 6.42 Å². The predicted octanol–water partition coefficient (Wildman–Crippen LogP) is 1.40. The maximum atomic E-state index is 12.5. The summed E-state index contributed by atoms with van der Waals surface area (Å²) in [5.41, 5.74) is 7.17. The lowest BCUT2D eigenvalue weighted by molar-refractivity contribution is -0.127. The highest BCUT2D eigenvalue weighted by Crippen LogP contribution is 2.47. The SMILES string of the molecule is NC1C2CCC(C2)C1C(=O)NCc1cccc2c1OCO2. The molecule has 4 unspecified atom stereocenters. The van der Waals surface area contributed by atoms with E-state index in [0.29, 0.717) is 18.4 Å². The van der Waals surface area contributed by atoms with Crippen molar-refractivity contribution in [3.8, 4) is 11.5 Å². The van der Waals surface area contributed by atoms with Crippen molar-refractivity contribution in [2.45, 2.75) is 31.8 Å².